The van der Waals surface area contributed by atoms with Crippen LogP contribution in [0.4, 0.5) is 0 Å². The summed E-state index contributed by atoms with van der Waals surface area (Å²) in [5, 5.41) is 1.15. The van der Waals surface area contributed by atoms with Crippen LogP contribution < -0.4 is 10.5 Å². The van der Waals surface area contributed by atoms with Gasteiger partial charge >= 0.3 is 0 Å². The second-order valence-corrected chi connectivity index (χ2v) is 6.59. The summed E-state index contributed by atoms with van der Waals surface area (Å²) in [6, 6.07) is 13.8. The van der Waals surface area contributed by atoms with Crippen molar-refractivity contribution in [2.24, 2.45) is 0 Å². The number of H-pyrrole nitrogens is 1. The molecule has 124 valence electrons. The van der Waals surface area contributed by atoms with Crippen molar-refractivity contribution in [3.8, 4) is 0 Å². The molecule has 0 saturated heterocycles. The topological polar surface area (TPSA) is 50.2 Å². The molecule has 0 aliphatic carbocycles. The standard InChI is InChI=1S/C19H20ClN3O/c1-3-13-4-6-14(7-5-13)11-23(2)12-18-21-17-10-15(20)8-9-16(17)19(24)22-18/h4-10H,3,11-12H2,1-2H3,(H,21,22,24)/p+1. The van der Waals surface area contributed by atoms with Crippen LogP contribution in [-0.4, -0.2) is 17.0 Å². The third-order valence-electron chi connectivity index (χ3n) is 4.12. The van der Waals surface area contributed by atoms with Crippen molar-refractivity contribution >= 4 is 22.5 Å². The summed E-state index contributed by atoms with van der Waals surface area (Å²) in [5.74, 6) is 0.678. The fraction of sp³-hybridized carbons (Fsp3) is 0.263. The van der Waals surface area contributed by atoms with Gasteiger partial charge in [0.25, 0.3) is 5.56 Å². The van der Waals surface area contributed by atoms with Crippen molar-refractivity contribution in [1.29, 1.82) is 0 Å². The lowest BCUT2D eigenvalue weighted by Gasteiger charge is -2.14. The van der Waals surface area contributed by atoms with Crippen molar-refractivity contribution in [2.75, 3.05) is 7.05 Å². The Morgan fingerprint density at radius 1 is 1.08 bits per heavy atom. The van der Waals surface area contributed by atoms with Gasteiger partial charge in [0.2, 0.25) is 0 Å². The number of benzene rings is 2. The molecule has 2 N–H and O–H groups in total. The van der Waals surface area contributed by atoms with E-state index in [-0.39, 0.29) is 5.56 Å². The third-order valence-corrected chi connectivity index (χ3v) is 4.36. The van der Waals surface area contributed by atoms with E-state index in [0.717, 1.165) is 13.0 Å². The Morgan fingerprint density at radius 2 is 1.79 bits per heavy atom. The molecule has 0 bridgehead atoms. The molecule has 0 aliphatic rings. The highest BCUT2D eigenvalue weighted by Crippen LogP contribution is 2.14. The van der Waals surface area contributed by atoms with Crippen molar-refractivity contribution in [3.05, 3.63) is 74.8 Å². The van der Waals surface area contributed by atoms with Crippen LogP contribution in [0.3, 0.4) is 0 Å². The number of hydrogen-bond acceptors (Lipinski definition) is 2. The molecule has 0 fully saturated rings. The van der Waals surface area contributed by atoms with Gasteiger partial charge in [-0.25, -0.2) is 4.98 Å². The molecule has 1 heterocycles. The molecule has 0 spiro atoms. The first-order chi connectivity index (χ1) is 11.5. The van der Waals surface area contributed by atoms with Crippen LogP contribution in [-0.2, 0) is 19.5 Å². The third kappa shape index (κ3) is 3.83. The molecule has 0 aliphatic heterocycles. The van der Waals surface area contributed by atoms with E-state index >= 15 is 0 Å². The Balaban J connectivity index is 1.77. The van der Waals surface area contributed by atoms with E-state index in [1.165, 1.54) is 16.0 Å². The zero-order chi connectivity index (χ0) is 17.1. The lowest BCUT2D eigenvalue weighted by Crippen LogP contribution is -3.06. The van der Waals surface area contributed by atoms with Crippen molar-refractivity contribution in [2.45, 2.75) is 26.4 Å². The van der Waals surface area contributed by atoms with Gasteiger partial charge in [-0.2, -0.15) is 0 Å². The molecule has 24 heavy (non-hydrogen) atoms. The fourth-order valence-electron chi connectivity index (χ4n) is 2.83. The second kappa shape index (κ2) is 7.16. The van der Waals surface area contributed by atoms with E-state index in [1.807, 2.05) is 0 Å². The first-order valence-corrected chi connectivity index (χ1v) is 8.50. The van der Waals surface area contributed by atoms with Crippen LogP contribution in [0.15, 0.2) is 47.3 Å². The van der Waals surface area contributed by atoms with Crippen molar-refractivity contribution in [3.63, 3.8) is 0 Å². The predicted molar refractivity (Wildman–Crippen MR) is 97.5 cm³/mol. The van der Waals surface area contributed by atoms with E-state index in [4.69, 9.17) is 11.6 Å². The molecule has 0 radical (unpaired) electrons. The highest BCUT2D eigenvalue weighted by atomic mass is 35.5. The van der Waals surface area contributed by atoms with Gasteiger partial charge in [-0.3, -0.25) is 4.79 Å². The highest BCUT2D eigenvalue weighted by Gasteiger charge is 2.10. The number of aryl methyl sites for hydroxylation is 1. The lowest BCUT2D eigenvalue weighted by molar-refractivity contribution is -0.908. The van der Waals surface area contributed by atoms with Gasteiger partial charge in [0, 0.05) is 10.6 Å². The summed E-state index contributed by atoms with van der Waals surface area (Å²) in [5.41, 5.74) is 3.14. The number of halogens is 1. The van der Waals surface area contributed by atoms with Gasteiger partial charge in [0.15, 0.2) is 5.82 Å². The summed E-state index contributed by atoms with van der Waals surface area (Å²) < 4.78 is 0. The SMILES string of the molecule is CCc1ccc(C[NH+](C)Cc2nc3cc(Cl)ccc3c(=O)[nH]2)cc1. The van der Waals surface area contributed by atoms with E-state index in [1.54, 1.807) is 18.2 Å². The number of nitrogens with one attached hydrogen (secondary N) is 2. The number of aromatic amines is 1. The summed E-state index contributed by atoms with van der Waals surface area (Å²) in [6.45, 7) is 3.68. The van der Waals surface area contributed by atoms with E-state index < -0.39 is 0 Å². The first kappa shape index (κ1) is 16.7. The van der Waals surface area contributed by atoms with Crippen LogP contribution in [0.2, 0.25) is 5.02 Å². The molecule has 4 nitrogen and oxygen atoms in total. The molecule has 2 aromatic carbocycles. The molecule has 0 saturated carbocycles. The molecule has 1 aromatic heterocycles. The average molecular weight is 343 g/mol. The maximum absolute atomic E-state index is 12.2. The normalized spacial score (nSPS) is 12.5. The number of rotatable bonds is 5. The minimum absolute atomic E-state index is 0.119. The van der Waals surface area contributed by atoms with Gasteiger partial charge in [0.1, 0.15) is 13.1 Å². The molecular formula is C19H21ClN3O+. The molecule has 3 aromatic rings. The second-order valence-electron chi connectivity index (χ2n) is 6.15. The molecule has 5 heteroatoms. The van der Waals surface area contributed by atoms with Gasteiger partial charge in [-0.05, 0) is 30.2 Å². The highest BCUT2D eigenvalue weighted by molar-refractivity contribution is 6.31. The minimum Gasteiger partial charge on any atom is -0.327 e. The van der Waals surface area contributed by atoms with Crippen LogP contribution in [0.5, 0.6) is 0 Å². The zero-order valence-electron chi connectivity index (χ0n) is 13.9. The lowest BCUT2D eigenvalue weighted by atomic mass is 10.1. The van der Waals surface area contributed by atoms with Gasteiger partial charge in [-0.15, -0.1) is 0 Å². The first-order valence-electron chi connectivity index (χ1n) is 8.12. The quantitative estimate of drug-likeness (QED) is 0.748. The number of nitrogens with zero attached hydrogens (tertiary/aromatic N) is 1. The Morgan fingerprint density at radius 3 is 2.50 bits per heavy atom. The molecule has 0 amide bonds. The van der Waals surface area contributed by atoms with E-state index in [9.17, 15) is 4.79 Å². The monoisotopic (exact) mass is 342 g/mol. The molecule has 3 rings (SSSR count). The van der Waals surface area contributed by atoms with Crippen LogP contribution in [0.1, 0.15) is 23.9 Å². The number of aromatic nitrogens is 2. The zero-order valence-corrected chi connectivity index (χ0v) is 14.7. The minimum atomic E-state index is -0.119. The summed E-state index contributed by atoms with van der Waals surface area (Å²) in [4.78, 5) is 20.8. The van der Waals surface area contributed by atoms with Crippen LogP contribution in [0, 0.1) is 0 Å². The Kier molecular flexibility index (Phi) is 4.97. The summed E-state index contributed by atoms with van der Waals surface area (Å²) in [6.07, 6.45) is 1.05. The van der Waals surface area contributed by atoms with Crippen LogP contribution >= 0.6 is 11.6 Å². The van der Waals surface area contributed by atoms with Gasteiger partial charge < -0.3 is 9.88 Å². The Bertz CT molecular complexity index is 903. The fourth-order valence-corrected chi connectivity index (χ4v) is 3.00. The number of fused-ring (bicyclic) bond motifs is 1. The van der Waals surface area contributed by atoms with Gasteiger partial charge in [0.05, 0.1) is 18.0 Å². The van der Waals surface area contributed by atoms with E-state index in [0.29, 0.717) is 28.3 Å². The molecular weight excluding hydrogens is 322 g/mol. The van der Waals surface area contributed by atoms with Crippen LogP contribution in [0.25, 0.3) is 10.9 Å². The Hall–Kier alpha value is -2.17. The predicted octanol–water partition coefficient (Wildman–Crippen LogP) is 2.35. The number of hydrogen-bond donors (Lipinski definition) is 2. The summed E-state index contributed by atoms with van der Waals surface area (Å²) >= 11 is 6.00. The van der Waals surface area contributed by atoms with Crippen molar-refractivity contribution in [1.82, 2.24) is 9.97 Å². The van der Waals surface area contributed by atoms with E-state index in [2.05, 4.69) is 48.2 Å². The smallest absolute Gasteiger partial charge is 0.258 e. The molecule has 1 unspecified atom stereocenters. The molecule has 1 atom stereocenters. The van der Waals surface area contributed by atoms with Crippen molar-refractivity contribution < 1.29 is 4.90 Å². The maximum atomic E-state index is 12.2. The largest absolute Gasteiger partial charge is 0.327 e. The number of quaternary nitrogens is 1. The summed E-state index contributed by atoms with van der Waals surface area (Å²) in [7, 11) is 2.09. The Labute approximate surface area is 146 Å². The average Bonchev–Trinajstić information content (AvgIpc) is 2.55. The van der Waals surface area contributed by atoms with Gasteiger partial charge in [-0.1, -0.05) is 42.8 Å². The maximum Gasteiger partial charge on any atom is 0.258 e.